The molecule has 2 nitrogen and oxygen atoms in total. The summed E-state index contributed by atoms with van der Waals surface area (Å²) in [6.07, 6.45) is 5.24. The van der Waals surface area contributed by atoms with Gasteiger partial charge in [0.15, 0.2) is 0 Å². The van der Waals surface area contributed by atoms with Gasteiger partial charge in [-0.2, -0.15) is 0 Å². The summed E-state index contributed by atoms with van der Waals surface area (Å²) in [4.78, 5) is 0. The van der Waals surface area contributed by atoms with E-state index in [-0.39, 0.29) is 6.04 Å². The first kappa shape index (κ1) is 14.4. The van der Waals surface area contributed by atoms with Gasteiger partial charge in [-0.15, -0.1) is 0 Å². The zero-order valence-corrected chi connectivity index (χ0v) is 12.7. The summed E-state index contributed by atoms with van der Waals surface area (Å²) >= 11 is 0. The topological polar surface area (TPSA) is 35.2 Å². The van der Waals surface area contributed by atoms with E-state index in [0.717, 1.165) is 11.7 Å². The number of aryl methyl sites for hydroxylation is 2. The number of hydrogen-bond donors (Lipinski definition) is 1. The van der Waals surface area contributed by atoms with Crippen LogP contribution in [0.15, 0.2) is 12.1 Å². The van der Waals surface area contributed by atoms with E-state index in [1.54, 1.807) is 7.11 Å². The number of nitrogens with two attached hydrogens (primary N) is 1. The van der Waals surface area contributed by atoms with Gasteiger partial charge < -0.3 is 10.5 Å². The predicted octanol–water partition coefficient (Wildman–Crippen LogP) is 4.14. The van der Waals surface area contributed by atoms with E-state index in [1.807, 2.05) is 0 Å². The lowest BCUT2D eigenvalue weighted by Crippen LogP contribution is -2.26. The highest BCUT2D eigenvalue weighted by atomic mass is 16.5. The van der Waals surface area contributed by atoms with Crippen LogP contribution in [0, 0.1) is 25.7 Å². The van der Waals surface area contributed by atoms with Gasteiger partial charge in [0.1, 0.15) is 5.75 Å². The smallest absolute Gasteiger partial charge is 0.122 e. The largest absolute Gasteiger partial charge is 0.496 e. The van der Waals surface area contributed by atoms with E-state index < -0.39 is 0 Å². The highest BCUT2D eigenvalue weighted by Gasteiger charge is 2.26. The van der Waals surface area contributed by atoms with Crippen molar-refractivity contribution < 1.29 is 4.74 Å². The zero-order valence-electron chi connectivity index (χ0n) is 12.7. The first-order valence-electron chi connectivity index (χ1n) is 7.43. The van der Waals surface area contributed by atoms with Crippen LogP contribution in [0.3, 0.4) is 0 Å². The Labute approximate surface area is 117 Å². The van der Waals surface area contributed by atoms with Crippen LogP contribution >= 0.6 is 0 Å². The van der Waals surface area contributed by atoms with Crippen LogP contribution in [0.25, 0.3) is 0 Å². The Hall–Kier alpha value is -1.02. The second-order valence-corrected chi connectivity index (χ2v) is 6.24. The summed E-state index contributed by atoms with van der Waals surface area (Å²) in [7, 11) is 1.73. The number of methoxy groups -OCH3 is 1. The Bertz CT molecular complexity index is 441. The Morgan fingerprint density at radius 3 is 2.58 bits per heavy atom. The molecule has 1 aromatic rings. The average molecular weight is 261 g/mol. The van der Waals surface area contributed by atoms with Gasteiger partial charge in [0.2, 0.25) is 0 Å². The fourth-order valence-electron chi connectivity index (χ4n) is 3.45. The second-order valence-electron chi connectivity index (χ2n) is 6.24. The Morgan fingerprint density at radius 1 is 1.21 bits per heavy atom. The lowest BCUT2D eigenvalue weighted by Gasteiger charge is -2.32. The third kappa shape index (κ3) is 3.11. The van der Waals surface area contributed by atoms with Crippen molar-refractivity contribution >= 4 is 0 Å². The standard InChI is InChI=1S/C17H27NO/c1-11-6-5-7-14(8-11)17(18)15-9-13(3)16(19-4)10-12(15)2/h9-11,14,17H,5-8,18H2,1-4H3. The molecule has 3 unspecified atom stereocenters. The molecular formula is C17H27NO. The molecule has 2 N–H and O–H groups in total. The molecule has 0 saturated heterocycles. The quantitative estimate of drug-likeness (QED) is 0.887. The number of benzene rings is 1. The van der Waals surface area contributed by atoms with Crippen LogP contribution in [0.1, 0.15) is 55.3 Å². The van der Waals surface area contributed by atoms with Crippen LogP contribution in [-0.2, 0) is 0 Å². The first-order chi connectivity index (χ1) is 9.02. The second kappa shape index (κ2) is 5.96. The van der Waals surface area contributed by atoms with E-state index in [1.165, 1.54) is 42.4 Å². The van der Waals surface area contributed by atoms with Crippen LogP contribution in [0.5, 0.6) is 5.75 Å². The van der Waals surface area contributed by atoms with Gasteiger partial charge in [-0.1, -0.05) is 25.8 Å². The van der Waals surface area contributed by atoms with E-state index >= 15 is 0 Å². The van der Waals surface area contributed by atoms with Gasteiger partial charge in [-0.25, -0.2) is 0 Å². The molecule has 1 aliphatic carbocycles. The Kier molecular flexibility index (Phi) is 4.51. The molecule has 106 valence electrons. The Balaban J connectivity index is 2.23. The van der Waals surface area contributed by atoms with Crippen LogP contribution in [0.2, 0.25) is 0 Å². The van der Waals surface area contributed by atoms with E-state index in [9.17, 15) is 0 Å². The van der Waals surface area contributed by atoms with Crippen molar-refractivity contribution in [1.29, 1.82) is 0 Å². The van der Waals surface area contributed by atoms with Crippen LogP contribution < -0.4 is 10.5 Å². The molecule has 19 heavy (non-hydrogen) atoms. The number of ether oxygens (including phenoxy) is 1. The lowest BCUT2D eigenvalue weighted by atomic mass is 9.76. The maximum atomic E-state index is 6.55. The normalized spacial score (nSPS) is 25.1. The molecule has 0 bridgehead atoms. The van der Waals surface area contributed by atoms with Gasteiger partial charge >= 0.3 is 0 Å². The average Bonchev–Trinajstić information content (AvgIpc) is 2.40. The monoisotopic (exact) mass is 261 g/mol. The van der Waals surface area contributed by atoms with Gasteiger partial charge in [0, 0.05) is 6.04 Å². The van der Waals surface area contributed by atoms with Crippen LogP contribution in [-0.4, -0.2) is 7.11 Å². The highest BCUT2D eigenvalue weighted by molar-refractivity contribution is 5.43. The van der Waals surface area contributed by atoms with Gasteiger partial charge in [-0.3, -0.25) is 0 Å². The fourth-order valence-corrected chi connectivity index (χ4v) is 3.45. The molecule has 0 spiro atoms. The van der Waals surface area contributed by atoms with Crippen molar-refractivity contribution in [3.63, 3.8) is 0 Å². The molecule has 1 aromatic carbocycles. The highest BCUT2D eigenvalue weighted by Crippen LogP contribution is 2.37. The molecule has 3 atom stereocenters. The molecule has 0 aliphatic heterocycles. The van der Waals surface area contributed by atoms with Crippen molar-refractivity contribution in [2.24, 2.45) is 17.6 Å². The summed E-state index contributed by atoms with van der Waals surface area (Å²) in [6, 6.07) is 4.52. The Morgan fingerprint density at radius 2 is 1.95 bits per heavy atom. The fraction of sp³-hybridized carbons (Fsp3) is 0.647. The van der Waals surface area contributed by atoms with E-state index in [0.29, 0.717) is 5.92 Å². The molecule has 1 aliphatic rings. The molecule has 1 fully saturated rings. The molecule has 0 aromatic heterocycles. The van der Waals surface area contributed by atoms with Crippen molar-refractivity contribution in [2.45, 2.75) is 52.5 Å². The molecule has 0 amide bonds. The third-order valence-corrected chi connectivity index (χ3v) is 4.63. The minimum atomic E-state index is 0.173. The molecule has 1 saturated carbocycles. The van der Waals surface area contributed by atoms with Gasteiger partial charge in [0.25, 0.3) is 0 Å². The summed E-state index contributed by atoms with van der Waals surface area (Å²) in [5.74, 6) is 2.42. The van der Waals surface area contributed by atoms with Gasteiger partial charge in [0.05, 0.1) is 7.11 Å². The number of rotatable bonds is 3. The molecule has 2 heteroatoms. The summed E-state index contributed by atoms with van der Waals surface area (Å²) in [5, 5.41) is 0. The summed E-state index contributed by atoms with van der Waals surface area (Å²) < 4.78 is 5.38. The molecule has 0 radical (unpaired) electrons. The molecule has 2 rings (SSSR count). The maximum Gasteiger partial charge on any atom is 0.122 e. The summed E-state index contributed by atoms with van der Waals surface area (Å²) in [5.41, 5.74) is 10.3. The first-order valence-corrected chi connectivity index (χ1v) is 7.43. The van der Waals surface area contributed by atoms with Crippen molar-refractivity contribution in [2.75, 3.05) is 7.11 Å². The SMILES string of the molecule is COc1cc(C)c(C(N)C2CCCC(C)C2)cc1C. The third-order valence-electron chi connectivity index (χ3n) is 4.63. The van der Waals surface area contributed by atoms with E-state index in [4.69, 9.17) is 10.5 Å². The predicted molar refractivity (Wildman–Crippen MR) is 80.5 cm³/mol. The van der Waals surface area contributed by atoms with Crippen LogP contribution in [0.4, 0.5) is 0 Å². The number of hydrogen-bond acceptors (Lipinski definition) is 2. The maximum absolute atomic E-state index is 6.55. The van der Waals surface area contributed by atoms with Crippen molar-refractivity contribution in [1.82, 2.24) is 0 Å². The minimum Gasteiger partial charge on any atom is -0.496 e. The molecular weight excluding hydrogens is 234 g/mol. The lowest BCUT2D eigenvalue weighted by molar-refractivity contribution is 0.247. The summed E-state index contributed by atoms with van der Waals surface area (Å²) in [6.45, 7) is 6.59. The van der Waals surface area contributed by atoms with E-state index in [2.05, 4.69) is 32.9 Å². The van der Waals surface area contributed by atoms with Crippen molar-refractivity contribution in [3.8, 4) is 5.75 Å². The molecule has 0 heterocycles. The van der Waals surface area contributed by atoms with Gasteiger partial charge in [-0.05, 0) is 61.3 Å². The zero-order chi connectivity index (χ0) is 14.0. The van der Waals surface area contributed by atoms with Crippen molar-refractivity contribution in [3.05, 3.63) is 28.8 Å². The minimum absolute atomic E-state index is 0.173.